The molecule has 0 aliphatic heterocycles. The lowest BCUT2D eigenvalue weighted by Crippen LogP contribution is -2.28. The molecule has 0 atom stereocenters. The Morgan fingerprint density at radius 2 is 1.97 bits per heavy atom. The van der Waals surface area contributed by atoms with Gasteiger partial charge in [-0.25, -0.2) is 9.36 Å². The van der Waals surface area contributed by atoms with E-state index < -0.39 is 0 Å². The number of benzene rings is 1. The van der Waals surface area contributed by atoms with Crippen molar-refractivity contribution in [1.29, 1.82) is 0 Å². The van der Waals surface area contributed by atoms with Crippen molar-refractivity contribution in [1.82, 2.24) is 29.6 Å². The second-order valence-corrected chi connectivity index (χ2v) is 7.55. The number of carbonyl (C=O) groups excluding carboxylic acids is 1. The van der Waals surface area contributed by atoms with Gasteiger partial charge in [-0.05, 0) is 44.5 Å². The predicted molar refractivity (Wildman–Crippen MR) is 112 cm³/mol. The quantitative estimate of drug-likeness (QED) is 0.443. The highest BCUT2D eigenvalue weighted by molar-refractivity contribution is 7.99. The molecule has 0 unspecified atom stereocenters. The number of amides is 1. The summed E-state index contributed by atoms with van der Waals surface area (Å²) in [7, 11) is 1.77. The van der Waals surface area contributed by atoms with Crippen LogP contribution in [0.4, 0.5) is 0 Å². The molecule has 0 bridgehead atoms. The average Bonchev–Trinajstić information content (AvgIpc) is 3.22. The van der Waals surface area contributed by atoms with Crippen LogP contribution in [-0.2, 0) is 11.3 Å². The fourth-order valence-electron chi connectivity index (χ4n) is 2.80. The number of nitrogens with two attached hydrogens (primary N) is 1. The first-order valence-electron chi connectivity index (χ1n) is 9.21. The Kier molecular flexibility index (Phi) is 6.42. The molecule has 9 nitrogen and oxygen atoms in total. The van der Waals surface area contributed by atoms with Gasteiger partial charge in [-0.1, -0.05) is 23.9 Å². The molecule has 0 spiro atoms. The van der Waals surface area contributed by atoms with Gasteiger partial charge >= 0.3 is 0 Å². The van der Waals surface area contributed by atoms with Gasteiger partial charge in [0.05, 0.1) is 18.1 Å². The van der Waals surface area contributed by atoms with Crippen molar-refractivity contribution in [3.8, 4) is 11.7 Å². The molecule has 3 aromatic rings. The molecule has 10 heteroatoms. The summed E-state index contributed by atoms with van der Waals surface area (Å²) in [6.45, 7) is 6.90. The standard InChI is InChI=1S/C19H25N7O2S/c1-5-28-16-8-6-15(7-9-16)11-24(4)17(27)12-29-19-22-21-18(25(19)20)26-14(3)10-13(2)23-26/h6-10H,5,11-12,20H2,1-4H3. The Morgan fingerprint density at radius 3 is 2.59 bits per heavy atom. The summed E-state index contributed by atoms with van der Waals surface area (Å²) in [5, 5.41) is 13.0. The minimum Gasteiger partial charge on any atom is -0.494 e. The molecular weight excluding hydrogens is 390 g/mol. The first-order chi connectivity index (χ1) is 13.9. The van der Waals surface area contributed by atoms with Crippen molar-refractivity contribution < 1.29 is 9.53 Å². The normalized spacial score (nSPS) is 10.9. The third-order valence-corrected chi connectivity index (χ3v) is 5.18. The van der Waals surface area contributed by atoms with Crippen molar-refractivity contribution in [2.24, 2.45) is 0 Å². The summed E-state index contributed by atoms with van der Waals surface area (Å²) in [4.78, 5) is 14.2. The number of aryl methyl sites for hydroxylation is 2. The van der Waals surface area contributed by atoms with Crippen molar-refractivity contribution in [3.63, 3.8) is 0 Å². The summed E-state index contributed by atoms with van der Waals surface area (Å²) in [5.41, 5.74) is 2.80. The molecule has 2 aromatic heterocycles. The van der Waals surface area contributed by atoms with E-state index in [9.17, 15) is 4.79 Å². The van der Waals surface area contributed by atoms with Crippen LogP contribution in [0.3, 0.4) is 0 Å². The Hall–Kier alpha value is -3.01. The fraction of sp³-hybridized carbons (Fsp3) is 0.368. The van der Waals surface area contributed by atoms with Crippen LogP contribution in [0.25, 0.3) is 5.95 Å². The van der Waals surface area contributed by atoms with Crippen LogP contribution in [0.2, 0.25) is 0 Å². The second-order valence-electron chi connectivity index (χ2n) is 6.61. The molecule has 154 valence electrons. The van der Waals surface area contributed by atoms with Gasteiger partial charge in [-0.3, -0.25) is 4.79 Å². The lowest BCUT2D eigenvalue weighted by molar-refractivity contribution is -0.127. The van der Waals surface area contributed by atoms with Gasteiger partial charge in [0.15, 0.2) is 0 Å². The topological polar surface area (TPSA) is 104 Å². The molecule has 1 aromatic carbocycles. The number of hydrogen-bond donors (Lipinski definition) is 1. The number of nitrogen functional groups attached to an aromatic ring is 1. The zero-order chi connectivity index (χ0) is 21.0. The number of ether oxygens (including phenoxy) is 1. The molecule has 0 aliphatic rings. The molecule has 0 fully saturated rings. The average molecular weight is 416 g/mol. The molecule has 2 heterocycles. The predicted octanol–water partition coefficient (Wildman–Crippen LogP) is 1.94. The summed E-state index contributed by atoms with van der Waals surface area (Å²) < 4.78 is 8.42. The van der Waals surface area contributed by atoms with E-state index in [2.05, 4.69) is 15.3 Å². The SMILES string of the molecule is CCOc1ccc(CN(C)C(=O)CSc2nnc(-n3nc(C)cc3C)n2N)cc1. The molecular formula is C19H25N7O2S. The van der Waals surface area contributed by atoms with Crippen molar-refractivity contribution in [2.75, 3.05) is 25.3 Å². The highest BCUT2D eigenvalue weighted by Gasteiger charge is 2.17. The smallest absolute Gasteiger partial charge is 0.271 e. The van der Waals surface area contributed by atoms with Gasteiger partial charge in [0.1, 0.15) is 5.75 Å². The molecule has 0 radical (unpaired) electrons. The third-order valence-electron chi connectivity index (χ3n) is 4.25. The van der Waals surface area contributed by atoms with Crippen LogP contribution in [0.15, 0.2) is 35.5 Å². The Morgan fingerprint density at radius 1 is 1.24 bits per heavy atom. The van der Waals surface area contributed by atoms with Crippen molar-refractivity contribution >= 4 is 17.7 Å². The molecule has 29 heavy (non-hydrogen) atoms. The highest BCUT2D eigenvalue weighted by Crippen LogP contribution is 2.19. The number of thioether (sulfide) groups is 1. The van der Waals surface area contributed by atoms with E-state index in [1.807, 2.05) is 51.1 Å². The van der Waals surface area contributed by atoms with Crippen molar-refractivity contribution in [2.45, 2.75) is 32.5 Å². The maximum Gasteiger partial charge on any atom is 0.271 e. The third kappa shape index (κ3) is 4.89. The van der Waals surface area contributed by atoms with E-state index in [1.165, 1.54) is 16.4 Å². The van der Waals surface area contributed by atoms with Crippen LogP contribution in [0, 0.1) is 13.8 Å². The number of rotatable bonds is 8. The summed E-state index contributed by atoms with van der Waals surface area (Å²) in [5.74, 6) is 7.52. The second kappa shape index (κ2) is 8.99. The first kappa shape index (κ1) is 20.7. The van der Waals surface area contributed by atoms with E-state index in [0.29, 0.717) is 24.3 Å². The van der Waals surface area contributed by atoms with Crippen LogP contribution in [-0.4, -0.2) is 54.9 Å². The first-order valence-corrected chi connectivity index (χ1v) is 10.2. The maximum atomic E-state index is 12.5. The molecule has 0 saturated carbocycles. The van der Waals surface area contributed by atoms with Gasteiger partial charge in [0, 0.05) is 19.3 Å². The zero-order valence-electron chi connectivity index (χ0n) is 17.0. The van der Waals surface area contributed by atoms with E-state index in [4.69, 9.17) is 10.6 Å². The molecule has 1 amide bonds. The minimum atomic E-state index is -0.0282. The van der Waals surface area contributed by atoms with Gasteiger partial charge < -0.3 is 15.5 Å². The number of aromatic nitrogens is 5. The number of hydrogen-bond acceptors (Lipinski definition) is 7. The molecule has 0 saturated heterocycles. The van der Waals surface area contributed by atoms with Crippen molar-refractivity contribution in [3.05, 3.63) is 47.3 Å². The van der Waals surface area contributed by atoms with Crippen LogP contribution < -0.4 is 10.6 Å². The number of nitrogens with zero attached hydrogens (tertiary/aromatic N) is 6. The van der Waals surface area contributed by atoms with Crippen LogP contribution in [0.5, 0.6) is 5.75 Å². The Bertz CT molecular complexity index is 981. The van der Waals surface area contributed by atoms with Gasteiger partial charge in [-0.2, -0.15) is 5.10 Å². The maximum absolute atomic E-state index is 12.5. The molecule has 0 aliphatic carbocycles. The Balaban J connectivity index is 1.58. The van der Waals surface area contributed by atoms with E-state index in [1.54, 1.807) is 16.6 Å². The van der Waals surface area contributed by atoms with Crippen LogP contribution >= 0.6 is 11.8 Å². The lowest BCUT2D eigenvalue weighted by Gasteiger charge is -2.17. The largest absolute Gasteiger partial charge is 0.494 e. The highest BCUT2D eigenvalue weighted by atomic mass is 32.2. The van der Waals surface area contributed by atoms with E-state index in [-0.39, 0.29) is 11.7 Å². The Labute approximate surface area is 173 Å². The summed E-state index contributed by atoms with van der Waals surface area (Å²) in [6.07, 6.45) is 0. The van der Waals surface area contributed by atoms with E-state index >= 15 is 0 Å². The van der Waals surface area contributed by atoms with Gasteiger partial charge in [-0.15, -0.1) is 10.2 Å². The molecule has 3 rings (SSSR count). The van der Waals surface area contributed by atoms with Crippen LogP contribution in [0.1, 0.15) is 23.9 Å². The van der Waals surface area contributed by atoms with Gasteiger partial charge in [0.25, 0.3) is 5.95 Å². The molecule has 2 N–H and O–H groups in total. The minimum absolute atomic E-state index is 0.0282. The van der Waals surface area contributed by atoms with Gasteiger partial charge in [0.2, 0.25) is 11.1 Å². The monoisotopic (exact) mass is 415 g/mol. The lowest BCUT2D eigenvalue weighted by atomic mass is 10.2. The zero-order valence-corrected chi connectivity index (χ0v) is 17.8. The van der Waals surface area contributed by atoms with E-state index in [0.717, 1.165) is 22.7 Å². The summed E-state index contributed by atoms with van der Waals surface area (Å²) in [6, 6.07) is 9.66. The number of carbonyl (C=O) groups is 1. The summed E-state index contributed by atoms with van der Waals surface area (Å²) >= 11 is 1.24. The fourth-order valence-corrected chi connectivity index (χ4v) is 3.59.